The van der Waals surface area contributed by atoms with Crippen molar-refractivity contribution in [2.75, 3.05) is 6.54 Å². The molecule has 1 atom stereocenters. The number of hydrogen-bond donors (Lipinski definition) is 3. The van der Waals surface area contributed by atoms with Gasteiger partial charge in [-0.05, 0) is 13.0 Å². The molecule has 0 rings (SSSR count). The maximum Gasteiger partial charge on any atom is 0.321 e. The van der Waals surface area contributed by atoms with Crippen molar-refractivity contribution in [1.29, 1.82) is 0 Å². The maximum atomic E-state index is 10.9. The highest BCUT2D eigenvalue weighted by atomic mass is 16.4. The second-order valence-electron chi connectivity index (χ2n) is 7.11. The molecule has 4 N–H and O–H groups in total. The molecule has 0 aliphatic rings. The van der Waals surface area contributed by atoms with Crippen LogP contribution in [-0.4, -0.2) is 29.6 Å². The summed E-state index contributed by atoms with van der Waals surface area (Å²) in [7, 11) is 0. The van der Waals surface area contributed by atoms with Gasteiger partial charge >= 0.3 is 5.97 Å². The molecular formula is C20H40N2O3. The van der Waals surface area contributed by atoms with Crippen LogP contribution in [-0.2, 0) is 9.59 Å². The first-order valence-corrected chi connectivity index (χ1v) is 10.3. The van der Waals surface area contributed by atoms with Gasteiger partial charge in [-0.25, -0.2) is 0 Å². The molecule has 0 saturated carbocycles. The first kappa shape index (κ1) is 23.9. The summed E-state index contributed by atoms with van der Waals surface area (Å²) in [6.45, 7) is 2.88. The highest BCUT2D eigenvalue weighted by Crippen LogP contribution is 2.12. The summed E-state index contributed by atoms with van der Waals surface area (Å²) in [5, 5.41) is 11.9. The summed E-state index contributed by atoms with van der Waals surface area (Å²) in [6, 6.07) is -0.848. The van der Waals surface area contributed by atoms with Crippen molar-refractivity contribution in [2.45, 2.75) is 109 Å². The Labute approximate surface area is 154 Å². The van der Waals surface area contributed by atoms with Crippen LogP contribution in [0.5, 0.6) is 0 Å². The van der Waals surface area contributed by atoms with Gasteiger partial charge in [0.15, 0.2) is 0 Å². The normalized spacial score (nSPS) is 12.2. The minimum absolute atomic E-state index is 0.145. The molecule has 0 aromatic rings. The second kappa shape index (κ2) is 17.7. The van der Waals surface area contributed by atoms with E-state index in [-0.39, 0.29) is 6.42 Å². The van der Waals surface area contributed by atoms with Crippen molar-refractivity contribution in [1.82, 2.24) is 5.32 Å². The molecule has 0 aliphatic carbocycles. The molecule has 5 nitrogen and oxygen atoms in total. The third-order valence-corrected chi connectivity index (χ3v) is 4.62. The fraction of sp³-hybridized carbons (Fsp3) is 0.900. The molecule has 1 unspecified atom stereocenters. The van der Waals surface area contributed by atoms with E-state index in [1.165, 1.54) is 77.0 Å². The van der Waals surface area contributed by atoms with Gasteiger partial charge in [-0.2, -0.15) is 0 Å². The molecule has 0 heterocycles. The van der Waals surface area contributed by atoms with E-state index in [2.05, 4.69) is 12.2 Å². The van der Waals surface area contributed by atoms with Crippen LogP contribution in [0.3, 0.4) is 0 Å². The first-order chi connectivity index (χ1) is 12.1. The standard InChI is InChI=1S/C20H40N2O3/c1-2-3-4-5-6-7-8-9-10-11-12-13-14-15-16-22-18(20(24)25)17-19(21)23/h18,22H,2-17H2,1H3,(H2,21,23)(H,24,25). The van der Waals surface area contributed by atoms with Crippen LogP contribution in [0.25, 0.3) is 0 Å². The van der Waals surface area contributed by atoms with E-state index in [1.807, 2.05) is 0 Å². The van der Waals surface area contributed by atoms with Crippen LogP contribution in [0.4, 0.5) is 0 Å². The second-order valence-corrected chi connectivity index (χ2v) is 7.11. The summed E-state index contributed by atoms with van der Waals surface area (Å²) in [4.78, 5) is 21.7. The largest absolute Gasteiger partial charge is 0.480 e. The lowest BCUT2D eigenvalue weighted by Gasteiger charge is -2.12. The lowest BCUT2D eigenvalue weighted by molar-refractivity contribution is -0.141. The van der Waals surface area contributed by atoms with Crippen LogP contribution in [0.15, 0.2) is 0 Å². The zero-order valence-electron chi connectivity index (χ0n) is 16.2. The number of aliphatic carboxylic acids is 1. The number of unbranched alkanes of at least 4 members (excludes halogenated alkanes) is 13. The quantitative estimate of drug-likeness (QED) is 0.299. The van der Waals surface area contributed by atoms with Crippen LogP contribution in [0.1, 0.15) is 103 Å². The van der Waals surface area contributed by atoms with Gasteiger partial charge in [0, 0.05) is 0 Å². The summed E-state index contributed by atoms with van der Waals surface area (Å²) < 4.78 is 0. The Bertz CT molecular complexity index is 335. The van der Waals surface area contributed by atoms with Gasteiger partial charge in [0.1, 0.15) is 6.04 Å². The molecular weight excluding hydrogens is 316 g/mol. The number of rotatable bonds is 19. The number of nitrogens with two attached hydrogens (primary N) is 1. The molecule has 0 spiro atoms. The van der Waals surface area contributed by atoms with Crippen LogP contribution in [0, 0.1) is 0 Å². The van der Waals surface area contributed by atoms with Gasteiger partial charge in [-0.1, -0.05) is 90.4 Å². The Morgan fingerprint density at radius 3 is 1.56 bits per heavy atom. The molecule has 0 aromatic heterocycles. The Kier molecular flexibility index (Phi) is 16.9. The zero-order valence-corrected chi connectivity index (χ0v) is 16.2. The monoisotopic (exact) mass is 356 g/mol. The minimum Gasteiger partial charge on any atom is -0.480 e. The lowest BCUT2D eigenvalue weighted by atomic mass is 10.0. The average Bonchev–Trinajstić information content (AvgIpc) is 2.56. The molecule has 148 valence electrons. The van der Waals surface area contributed by atoms with Crippen molar-refractivity contribution in [3.63, 3.8) is 0 Å². The number of hydrogen-bond acceptors (Lipinski definition) is 3. The third kappa shape index (κ3) is 17.5. The highest BCUT2D eigenvalue weighted by molar-refractivity contribution is 5.83. The van der Waals surface area contributed by atoms with Gasteiger partial charge in [0.25, 0.3) is 0 Å². The Morgan fingerprint density at radius 2 is 1.20 bits per heavy atom. The van der Waals surface area contributed by atoms with Gasteiger partial charge in [0.2, 0.25) is 5.91 Å². The zero-order chi connectivity index (χ0) is 18.8. The van der Waals surface area contributed by atoms with E-state index in [1.54, 1.807) is 0 Å². The van der Waals surface area contributed by atoms with Gasteiger partial charge in [0.05, 0.1) is 6.42 Å². The number of amides is 1. The van der Waals surface area contributed by atoms with Crippen molar-refractivity contribution < 1.29 is 14.7 Å². The molecule has 0 aromatic carbocycles. The highest BCUT2D eigenvalue weighted by Gasteiger charge is 2.18. The molecule has 0 bridgehead atoms. The summed E-state index contributed by atoms with van der Waals surface area (Å²) >= 11 is 0. The van der Waals surface area contributed by atoms with Gasteiger partial charge in [-0.3, -0.25) is 9.59 Å². The van der Waals surface area contributed by atoms with Crippen LogP contribution >= 0.6 is 0 Å². The molecule has 1 amide bonds. The van der Waals surface area contributed by atoms with Gasteiger partial charge < -0.3 is 16.2 Å². The smallest absolute Gasteiger partial charge is 0.321 e. The summed E-state index contributed by atoms with van der Waals surface area (Å²) in [5.41, 5.74) is 5.04. The molecule has 0 radical (unpaired) electrons. The predicted molar refractivity (Wildman–Crippen MR) is 104 cm³/mol. The van der Waals surface area contributed by atoms with E-state index in [9.17, 15) is 9.59 Å². The first-order valence-electron chi connectivity index (χ1n) is 10.3. The van der Waals surface area contributed by atoms with Crippen LogP contribution < -0.4 is 11.1 Å². The lowest BCUT2D eigenvalue weighted by Crippen LogP contribution is -2.40. The van der Waals surface area contributed by atoms with E-state index in [4.69, 9.17) is 10.8 Å². The topological polar surface area (TPSA) is 92.4 Å². The number of carbonyl (C=O) groups is 2. The number of carbonyl (C=O) groups excluding carboxylic acids is 1. The minimum atomic E-state index is -1.01. The van der Waals surface area contributed by atoms with E-state index in [0.29, 0.717) is 6.54 Å². The van der Waals surface area contributed by atoms with Crippen molar-refractivity contribution >= 4 is 11.9 Å². The third-order valence-electron chi connectivity index (χ3n) is 4.62. The van der Waals surface area contributed by atoms with E-state index >= 15 is 0 Å². The summed E-state index contributed by atoms with van der Waals surface area (Å²) in [6.07, 6.45) is 18.1. The number of nitrogens with one attached hydrogen (secondary N) is 1. The number of carboxylic acids is 1. The molecule has 5 heteroatoms. The molecule has 25 heavy (non-hydrogen) atoms. The van der Waals surface area contributed by atoms with Crippen LogP contribution in [0.2, 0.25) is 0 Å². The molecule has 0 saturated heterocycles. The fourth-order valence-electron chi connectivity index (χ4n) is 3.04. The van der Waals surface area contributed by atoms with Crippen molar-refractivity contribution in [3.05, 3.63) is 0 Å². The Balaban J connectivity index is 3.28. The Hall–Kier alpha value is -1.10. The SMILES string of the molecule is CCCCCCCCCCCCCCCCNC(CC(N)=O)C(=O)O. The molecule has 0 aliphatic heterocycles. The fourth-order valence-corrected chi connectivity index (χ4v) is 3.04. The van der Waals surface area contributed by atoms with Gasteiger partial charge in [-0.15, -0.1) is 0 Å². The number of carboxylic acid groups (broad SMARTS) is 1. The summed E-state index contributed by atoms with van der Waals surface area (Å²) in [5.74, 6) is -1.59. The van der Waals surface area contributed by atoms with Crippen molar-refractivity contribution in [2.24, 2.45) is 5.73 Å². The van der Waals surface area contributed by atoms with E-state index in [0.717, 1.165) is 12.8 Å². The predicted octanol–water partition coefficient (Wildman–Crippen LogP) is 4.39. The van der Waals surface area contributed by atoms with E-state index < -0.39 is 17.9 Å². The Morgan fingerprint density at radius 1 is 0.800 bits per heavy atom. The van der Waals surface area contributed by atoms with Crippen molar-refractivity contribution in [3.8, 4) is 0 Å². The average molecular weight is 357 g/mol. The molecule has 0 fully saturated rings. The number of primary amides is 1. The maximum absolute atomic E-state index is 10.9.